The zero-order valence-corrected chi connectivity index (χ0v) is 12.9. The Balaban J connectivity index is 1.69. The predicted molar refractivity (Wildman–Crippen MR) is 88.7 cm³/mol. The number of carbonyl (C=O) groups is 1. The molecule has 5 heteroatoms. The van der Waals surface area contributed by atoms with E-state index < -0.39 is 5.41 Å². The molecule has 1 atom stereocenters. The van der Waals surface area contributed by atoms with Gasteiger partial charge in [-0.2, -0.15) is 0 Å². The molecule has 1 aliphatic heterocycles. The lowest BCUT2D eigenvalue weighted by Gasteiger charge is -2.20. The van der Waals surface area contributed by atoms with Gasteiger partial charge in [0.1, 0.15) is 11.0 Å². The SMILES string of the molecule is O=C1Nc2ncccc2[C@@]12Cc1cc3ccc(Cl)nc3cc1C2. The molecule has 0 saturated carbocycles. The Kier molecular flexibility index (Phi) is 2.43. The number of pyridine rings is 2. The van der Waals surface area contributed by atoms with Crippen LogP contribution in [0.4, 0.5) is 5.82 Å². The first-order valence-corrected chi connectivity index (χ1v) is 7.89. The van der Waals surface area contributed by atoms with Crippen molar-refractivity contribution in [2.24, 2.45) is 0 Å². The molecular weight excluding hydrogens is 310 g/mol. The highest BCUT2D eigenvalue weighted by Gasteiger charge is 2.51. The summed E-state index contributed by atoms with van der Waals surface area (Å²) in [6.45, 7) is 0. The Labute approximate surface area is 137 Å². The fourth-order valence-corrected chi connectivity index (χ4v) is 4.02. The smallest absolute Gasteiger partial charge is 0.237 e. The van der Waals surface area contributed by atoms with E-state index in [1.54, 1.807) is 12.3 Å². The summed E-state index contributed by atoms with van der Waals surface area (Å²) in [6.07, 6.45) is 3.09. The van der Waals surface area contributed by atoms with E-state index in [0.717, 1.165) is 16.5 Å². The molecule has 2 aliphatic rings. The van der Waals surface area contributed by atoms with Crippen LogP contribution in [0.1, 0.15) is 16.7 Å². The van der Waals surface area contributed by atoms with Crippen LogP contribution in [0.3, 0.4) is 0 Å². The molecule has 1 aromatic carbocycles. The van der Waals surface area contributed by atoms with Gasteiger partial charge in [0.25, 0.3) is 0 Å². The zero-order chi connectivity index (χ0) is 15.6. The largest absolute Gasteiger partial charge is 0.310 e. The maximum Gasteiger partial charge on any atom is 0.237 e. The molecule has 0 fully saturated rings. The Morgan fingerprint density at radius 3 is 2.83 bits per heavy atom. The molecule has 0 radical (unpaired) electrons. The third-order valence-electron chi connectivity index (χ3n) is 4.95. The first kappa shape index (κ1) is 13.0. The van der Waals surface area contributed by atoms with Crippen molar-refractivity contribution in [3.8, 4) is 0 Å². The number of benzene rings is 1. The molecule has 3 aromatic rings. The fraction of sp³-hybridized carbons (Fsp3) is 0.167. The van der Waals surface area contributed by atoms with Crippen LogP contribution in [-0.2, 0) is 23.1 Å². The van der Waals surface area contributed by atoms with E-state index in [-0.39, 0.29) is 5.91 Å². The summed E-state index contributed by atoms with van der Waals surface area (Å²) in [4.78, 5) is 21.4. The van der Waals surface area contributed by atoms with Crippen molar-refractivity contribution in [2.75, 3.05) is 5.32 Å². The van der Waals surface area contributed by atoms with Crippen LogP contribution in [-0.4, -0.2) is 15.9 Å². The number of hydrogen-bond donors (Lipinski definition) is 1. The number of rotatable bonds is 0. The molecular formula is C18H12ClN3O. The van der Waals surface area contributed by atoms with E-state index in [9.17, 15) is 4.79 Å². The lowest BCUT2D eigenvalue weighted by atomic mass is 9.79. The minimum absolute atomic E-state index is 0.0393. The van der Waals surface area contributed by atoms with Gasteiger partial charge in [0.15, 0.2) is 0 Å². The molecule has 23 heavy (non-hydrogen) atoms. The second kappa shape index (κ2) is 4.30. The number of hydrogen-bond acceptors (Lipinski definition) is 3. The van der Waals surface area contributed by atoms with E-state index in [1.165, 1.54) is 11.1 Å². The molecule has 2 aromatic heterocycles. The zero-order valence-electron chi connectivity index (χ0n) is 12.1. The van der Waals surface area contributed by atoms with Crippen molar-refractivity contribution < 1.29 is 4.79 Å². The van der Waals surface area contributed by atoms with Crippen LogP contribution in [0.5, 0.6) is 0 Å². The minimum Gasteiger partial charge on any atom is -0.310 e. The summed E-state index contributed by atoms with van der Waals surface area (Å²) in [7, 11) is 0. The molecule has 3 heterocycles. The van der Waals surface area contributed by atoms with Crippen molar-refractivity contribution in [3.63, 3.8) is 0 Å². The molecule has 0 bridgehead atoms. The van der Waals surface area contributed by atoms with Gasteiger partial charge in [0, 0.05) is 17.1 Å². The summed E-state index contributed by atoms with van der Waals surface area (Å²) in [6, 6.07) is 11.8. The van der Waals surface area contributed by atoms with Crippen LogP contribution in [0, 0.1) is 0 Å². The molecule has 0 saturated heterocycles. The van der Waals surface area contributed by atoms with Crippen molar-refractivity contribution in [2.45, 2.75) is 18.3 Å². The van der Waals surface area contributed by atoms with Crippen LogP contribution in [0.25, 0.3) is 10.9 Å². The van der Waals surface area contributed by atoms with Crippen LogP contribution in [0.15, 0.2) is 42.6 Å². The van der Waals surface area contributed by atoms with Gasteiger partial charge in [-0.3, -0.25) is 4.79 Å². The standard InChI is InChI=1S/C18H12ClN3O/c19-15-4-3-10-6-11-8-18(9-12(11)7-14(10)21-15)13-2-1-5-20-16(13)22-17(18)23/h1-7H,8-9H2,(H,20,22,23)/t18-/m0/s1. The maximum absolute atomic E-state index is 12.7. The van der Waals surface area contributed by atoms with Gasteiger partial charge < -0.3 is 5.32 Å². The molecule has 112 valence electrons. The highest BCUT2D eigenvalue weighted by molar-refractivity contribution is 6.29. The molecule has 0 unspecified atom stereocenters. The Morgan fingerprint density at radius 2 is 1.96 bits per heavy atom. The van der Waals surface area contributed by atoms with Gasteiger partial charge in [-0.1, -0.05) is 17.7 Å². The molecule has 1 spiro atoms. The van der Waals surface area contributed by atoms with E-state index in [0.29, 0.717) is 23.8 Å². The maximum atomic E-state index is 12.7. The van der Waals surface area contributed by atoms with E-state index >= 15 is 0 Å². The third kappa shape index (κ3) is 1.70. The summed E-state index contributed by atoms with van der Waals surface area (Å²) < 4.78 is 0. The Bertz CT molecular complexity index is 1000. The number of fused-ring (bicyclic) bond motifs is 4. The van der Waals surface area contributed by atoms with Crippen molar-refractivity contribution in [1.82, 2.24) is 9.97 Å². The monoisotopic (exact) mass is 321 g/mol. The first-order chi connectivity index (χ1) is 11.2. The number of amides is 1. The van der Waals surface area contributed by atoms with E-state index in [4.69, 9.17) is 11.6 Å². The topological polar surface area (TPSA) is 54.9 Å². The molecule has 1 amide bonds. The van der Waals surface area contributed by atoms with Crippen LogP contribution >= 0.6 is 11.6 Å². The van der Waals surface area contributed by atoms with Gasteiger partial charge in [0.2, 0.25) is 5.91 Å². The van der Waals surface area contributed by atoms with Gasteiger partial charge in [0.05, 0.1) is 10.9 Å². The number of nitrogens with one attached hydrogen (secondary N) is 1. The number of aromatic nitrogens is 2. The first-order valence-electron chi connectivity index (χ1n) is 7.51. The van der Waals surface area contributed by atoms with Gasteiger partial charge >= 0.3 is 0 Å². The summed E-state index contributed by atoms with van der Waals surface area (Å²) in [5.41, 5.74) is 3.70. The lowest BCUT2D eigenvalue weighted by Crippen LogP contribution is -2.35. The molecule has 1 N–H and O–H groups in total. The third-order valence-corrected chi connectivity index (χ3v) is 5.16. The average molecular weight is 322 g/mol. The van der Waals surface area contributed by atoms with Crippen molar-refractivity contribution >= 4 is 34.2 Å². The van der Waals surface area contributed by atoms with Gasteiger partial charge in [-0.25, -0.2) is 9.97 Å². The van der Waals surface area contributed by atoms with Crippen LogP contribution in [0.2, 0.25) is 5.15 Å². The quantitative estimate of drug-likeness (QED) is 0.647. The number of carbonyl (C=O) groups excluding carboxylic acids is 1. The molecule has 4 nitrogen and oxygen atoms in total. The van der Waals surface area contributed by atoms with E-state index in [1.807, 2.05) is 18.2 Å². The average Bonchev–Trinajstić information content (AvgIpc) is 3.04. The van der Waals surface area contributed by atoms with E-state index in [2.05, 4.69) is 27.4 Å². The minimum atomic E-state index is -0.535. The Hall–Kier alpha value is -2.46. The molecule has 1 aliphatic carbocycles. The summed E-state index contributed by atoms with van der Waals surface area (Å²) in [5, 5.41) is 4.46. The van der Waals surface area contributed by atoms with Gasteiger partial charge in [-0.05, 0) is 54.3 Å². The molecule has 5 rings (SSSR count). The summed E-state index contributed by atoms with van der Waals surface area (Å²) in [5.74, 6) is 0.730. The number of halogens is 1. The number of nitrogens with zero attached hydrogens (tertiary/aromatic N) is 2. The predicted octanol–water partition coefficient (Wildman–Crippen LogP) is 3.27. The summed E-state index contributed by atoms with van der Waals surface area (Å²) >= 11 is 6.00. The highest BCUT2D eigenvalue weighted by atomic mass is 35.5. The highest BCUT2D eigenvalue weighted by Crippen LogP contribution is 2.47. The second-order valence-electron chi connectivity index (χ2n) is 6.24. The number of anilines is 1. The van der Waals surface area contributed by atoms with Crippen molar-refractivity contribution in [3.05, 3.63) is 64.4 Å². The van der Waals surface area contributed by atoms with Crippen molar-refractivity contribution in [1.29, 1.82) is 0 Å². The lowest BCUT2D eigenvalue weighted by molar-refractivity contribution is -0.120. The van der Waals surface area contributed by atoms with Crippen LogP contribution < -0.4 is 5.32 Å². The second-order valence-corrected chi connectivity index (χ2v) is 6.62. The normalized spacial score (nSPS) is 21.5. The van der Waals surface area contributed by atoms with Gasteiger partial charge in [-0.15, -0.1) is 0 Å². The fourth-order valence-electron chi connectivity index (χ4n) is 3.87. The Morgan fingerprint density at radius 1 is 1.13 bits per heavy atom.